The Morgan fingerprint density at radius 2 is 1.61 bits per heavy atom. The highest BCUT2D eigenvalue weighted by Gasteiger charge is 2.17. The van der Waals surface area contributed by atoms with Gasteiger partial charge in [0.1, 0.15) is 0 Å². The molecule has 23 heavy (non-hydrogen) atoms. The Bertz CT molecular complexity index is 947. The van der Waals surface area contributed by atoms with Crippen molar-refractivity contribution in [1.82, 2.24) is 4.98 Å². The van der Waals surface area contributed by atoms with Crippen molar-refractivity contribution in [1.29, 1.82) is 0 Å². The number of aromatic nitrogens is 1. The topological polar surface area (TPSA) is 87.5 Å². The minimum absolute atomic E-state index is 0.0873. The number of carboxylic acid groups (broad SMARTS) is 2. The normalized spacial score (nSPS) is 10.7. The Balaban J connectivity index is 2.38. The van der Waals surface area contributed by atoms with Gasteiger partial charge in [0.2, 0.25) is 0 Å². The average molecular weight is 307 g/mol. The van der Waals surface area contributed by atoms with Crippen molar-refractivity contribution in [2.24, 2.45) is 0 Å². The lowest BCUT2D eigenvalue weighted by Gasteiger charge is -2.10. The van der Waals surface area contributed by atoms with Gasteiger partial charge in [-0.05, 0) is 24.6 Å². The zero-order chi connectivity index (χ0) is 16.6. The lowest BCUT2D eigenvalue weighted by atomic mass is 9.99. The van der Waals surface area contributed by atoms with Crippen LogP contribution < -0.4 is 0 Å². The van der Waals surface area contributed by atoms with Crippen molar-refractivity contribution < 1.29 is 19.8 Å². The van der Waals surface area contributed by atoms with Crippen molar-refractivity contribution in [3.8, 4) is 11.3 Å². The summed E-state index contributed by atoms with van der Waals surface area (Å²) in [4.78, 5) is 27.5. The number of hydrogen-bond donors (Lipinski definition) is 2. The molecule has 0 bridgehead atoms. The molecule has 2 N–H and O–H groups in total. The van der Waals surface area contributed by atoms with Gasteiger partial charge in [0, 0.05) is 10.9 Å². The number of pyridine rings is 1. The van der Waals surface area contributed by atoms with Crippen molar-refractivity contribution in [2.45, 2.75) is 6.92 Å². The molecule has 0 aliphatic heterocycles. The SMILES string of the molecule is Cc1cccc2c(C(=O)O)cc(-c3ccccc3C(=O)O)nc12. The van der Waals surface area contributed by atoms with E-state index in [9.17, 15) is 19.8 Å². The van der Waals surface area contributed by atoms with E-state index in [4.69, 9.17) is 0 Å². The second kappa shape index (κ2) is 5.53. The van der Waals surface area contributed by atoms with Crippen LogP contribution in [0.25, 0.3) is 22.2 Å². The standard InChI is InChI=1S/C18H13NO4/c1-10-5-4-8-12-14(18(22)23)9-15(19-16(10)12)11-6-2-3-7-13(11)17(20)21/h2-9H,1H3,(H,20,21)(H,22,23). The third-order valence-corrected chi connectivity index (χ3v) is 3.71. The van der Waals surface area contributed by atoms with Crippen LogP contribution in [0.1, 0.15) is 26.3 Å². The summed E-state index contributed by atoms with van der Waals surface area (Å²) >= 11 is 0. The summed E-state index contributed by atoms with van der Waals surface area (Å²) in [5.74, 6) is -2.15. The first-order valence-corrected chi connectivity index (χ1v) is 6.95. The number of aryl methyl sites for hydroxylation is 1. The Labute approximate surface area is 131 Å². The van der Waals surface area contributed by atoms with Gasteiger partial charge in [-0.2, -0.15) is 0 Å². The van der Waals surface area contributed by atoms with Gasteiger partial charge >= 0.3 is 11.9 Å². The van der Waals surface area contributed by atoms with Crippen LogP contribution in [0.5, 0.6) is 0 Å². The van der Waals surface area contributed by atoms with Gasteiger partial charge in [-0.15, -0.1) is 0 Å². The molecule has 0 aliphatic carbocycles. The summed E-state index contributed by atoms with van der Waals surface area (Å²) in [5.41, 5.74) is 2.32. The summed E-state index contributed by atoms with van der Waals surface area (Å²) in [6.45, 7) is 1.84. The molecule has 0 saturated heterocycles. The number of nitrogens with zero attached hydrogens (tertiary/aromatic N) is 1. The number of carboxylic acids is 2. The summed E-state index contributed by atoms with van der Waals surface area (Å²) in [7, 11) is 0. The van der Waals surface area contributed by atoms with Crippen molar-refractivity contribution in [3.63, 3.8) is 0 Å². The molecular formula is C18H13NO4. The number of fused-ring (bicyclic) bond motifs is 1. The van der Waals surface area contributed by atoms with Crippen LogP contribution in [-0.4, -0.2) is 27.1 Å². The molecule has 5 heteroatoms. The summed E-state index contributed by atoms with van der Waals surface area (Å²) in [6.07, 6.45) is 0. The molecule has 0 amide bonds. The molecule has 0 radical (unpaired) electrons. The van der Waals surface area contributed by atoms with Crippen LogP contribution in [0.15, 0.2) is 48.5 Å². The lowest BCUT2D eigenvalue weighted by Crippen LogP contribution is -2.04. The van der Waals surface area contributed by atoms with Gasteiger partial charge in [-0.25, -0.2) is 14.6 Å². The van der Waals surface area contributed by atoms with E-state index in [-0.39, 0.29) is 11.1 Å². The van der Waals surface area contributed by atoms with Crippen LogP contribution in [0.3, 0.4) is 0 Å². The zero-order valence-corrected chi connectivity index (χ0v) is 12.3. The molecule has 5 nitrogen and oxygen atoms in total. The minimum atomic E-state index is -1.08. The Morgan fingerprint density at radius 3 is 2.30 bits per heavy atom. The maximum absolute atomic E-state index is 11.6. The van der Waals surface area contributed by atoms with Crippen molar-refractivity contribution in [3.05, 3.63) is 65.2 Å². The van der Waals surface area contributed by atoms with Gasteiger partial charge in [0.15, 0.2) is 0 Å². The molecule has 0 atom stereocenters. The highest BCUT2D eigenvalue weighted by Crippen LogP contribution is 2.28. The predicted molar refractivity (Wildman–Crippen MR) is 85.8 cm³/mol. The highest BCUT2D eigenvalue weighted by atomic mass is 16.4. The molecule has 0 unspecified atom stereocenters. The maximum Gasteiger partial charge on any atom is 0.336 e. The van der Waals surface area contributed by atoms with Gasteiger partial charge < -0.3 is 10.2 Å². The third kappa shape index (κ3) is 2.53. The molecule has 0 saturated carbocycles. The fourth-order valence-corrected chi connectivity index (χ4v) is 2.60. The number of carbonyl (C=O) groups is 2. The van der Waals surface area contributed by atoms with Crippen LogP contribution in [0.4, 0.5) is 0 Å². The van der Waals surface area contributed by atoms with Gasteiger partial charge in [-0.1, -0.05) is 36.4 Å². The highest BCUT2D eigenvalue weighted by molar-refractivity contribution is 6.05. The number of para-hydroxylation sites is 1. The maximum atomic E-state index is 11.6. The van der Waals surface area contributed by atoms with E-state index >= 15 is 0 Å². The molecule has 3 aromatic rings. The number of hydrogen-bond acceptors (Lipinski definition) is 3. The minimum Gasteiger partial charge on any atom is -0.478 e. The second-order valence-electron chi connectivity index (χ2n) is 5.18. The Kier molecular flexibility index (Phi) is 3.54. The molecule has 0 aliphatic rings. The van der Waals surface area contributed by atoms with E-state index < -0.39 is 11.9 Å². The second-order valence-corrected chi connectivity index (χ2v) is 5.18. The monoisotopic (exact) mass is 307 g/mol. The van der Waals surface area contributed by atoms with Crippen LogP contribution in [0.2, 0.25) is 0 Å². The van der Waals surface area contributed by atoms with E-state index in [1.165, 1.54) is 12.1 Å². The summed E-state index contributed by atoms with van der Waals surface area (Å²) in [6, 6.07) is 13.2. The molecule has 114 valence electrons. The third-order valence-electron chi connectivity index (χ3n) is 3.71. The van der Waals surface area contributed by atoms with Gasteiger partial charge in [0.25, 0.3) is 0 Å². The van der Waals surface area contributed by atoms with E-state index in [1.807, 2.05) is 13.0 Å². The first-order chi connectivity index (χ1) is 11.0. The van der Waals surface area contributed by atoms with Gasteiger partial charge in [0.05, 0.1) is 22.3 Å². The average Bonchev–Trinajstić information content (AvgIpc) is 2.54. The molecular weight excluding hydrogens is 294 g/mol. The first-order valence-electron chi connectivity index (χ1n) is 6.95. The van der Waals surface area contributed by atoms with E-state index in [0.29, 0.717) is 22.2 Å². The van der Waals surface area contributed by atoms with Crippen LogP contribution >= 0.6 is 0 Å². The van der Waals surface area contributed by atoms with Crippen LogP contribution in [0, 0.1) is 6.92 Å². The molecule has 2 aromatic carbocycles. The van der Waals surface area contributed by atoms with Crippen molar-refractivity contribution >= 4 is 22.8 Å². The fourth-order valence-electron chi connectivity index (χ4n) is 2.60. The summed E-state index contributed by atoms with van der Waals surface area (Å²) in [5, 5.41) is 19.3. The first kappa shape index (κ1) is 14.7. The van der Waals surface area contributed by atoms with Crippen LogP contribution in [-0.2, 0) is 0 Å². The summed E-state index contributed by atoms with van der Waals surface area (Å²) < 4.78 is 0. The van der Waals surface area contributed by atoms with E-state index in [1.54, 1.807) is 30.3 Å². The molecule has 1 heterocycles. The Hall–Kier alpha value is -3.21. The van der Waals surface area contributed by atoms with Gasteiger partial charge in [-0.3, -0.25) is 0 Å². The zero-order valence-electron chi connectivity index (χ0n) is 12.3. The quantitative estimate of drug-likeness (QED) is 0.772. The predicted octanol–water partition coefficient (Wildman–Crippen LogP) is 3.61. The number of rotatable bonds is 3. The number of aromatic carboxylic acids is 2. The molecule has 0 fully saturated rings. The van der Waals surface area contributed by atoms with E-state index in [0.717, 1.165) is 5.56 Å². The van der Waals surface area contributed by atoms with E-state index in [2.05, 4.69) is 4.98 Å². The fraction of sp³-hybridized carbons (Fsp3) is 0.0556. The Morgan fingerprint density at radius 1 is 0.913 bits per heavy atom. The molecule has 3 rings (SSSR count). The molecule has 1 aromatic heterocycles. The largest absolute Gasteiger partial charge is 0.478 e. The number of benzene rings is 2. The molecule has 0 spiro atoms. The van der Waals surface area contributed by atoms with Crippen molar-refractivity contribution in [2.75, 3.05) is 0 Å². The lowest BCUT2D eigenvalue weighted by molar-refractivity contribution is 0.0688. The smallest absolute Gasteiger partial charge is 0.336 e.